The number of hydrogen-bond donors (Lipinski definition) is 2. The molecular weight excluding hydrogens is 494 g/mol. The van der Waals surface area contributed by atoms with Crippen LogP contribution in [0.1, 0.15) is 16.8 Å². The van der Waals surface area contributed by atoms with Gasteiger partial charge in [-0.2, -0.15) is 9.61 Å². The van der Waals surface area contributed by atoms with Gasteiger partial charge in [0.1, 0.15) is 11.6 Å². The molecule has 0 radical (unpaired) electrons. The molecule has 0 unspecified atom stereocenters. The Morgan fingerprint density at radius 1 is 1.16 bits per heavy atom. The average molecular weight is 515 g/mol. The highest BCUT2D eigenvalue weighted by molar-refractivity contribution is 9.10. The second kappa shape index (κ2) is 10.0. The average Bonchev–Trinajstić information content (AvgIpc) is 3.19. The maximum absolute atomic E-state index is 12.3. The van der Waals surface area contributed by atoms with Crippen LogP contribution in [0, 0.1) is 0 Å². The molecular formula is C23H21BrClN5O2. The monoisotopic (exact) mass is 513 g/mol. The van der Waals surface area contributed by atoms with Crippen LogP contribution in [-0.2, 0) is 0 Å². The number of aromatic nitrogens is 3. The van der Waals surface area contributed by atoms with E-state index in [4.69, 9.17) is 21.3 Å². The number of hydrogen-bond acceptors (Lipinski definition) is 5. The molecule has 0 aliphatic heterocycles. The van der Waals surface area contributed by atoms with Crippen LogP contribution in [0.3, 0.4) is 0 Å². The van der Waals surface area contributed by atoms with E-state index < -0.39 is 0 Å². The molecule has 0 fully saturated rings. The molecule has 0 spiro atoms. The first kappa shape index (κ1) is 22.1. The van der Waals surface area contributed by atoms with Gasteiger partial charge in [-0.05, 0) is 52.7 Å². The lowest BCUT2D eigenvalue weighted by molar-refractivity contribution is 0.0953. The number of benzene rings is 2. The van der Waals surface area contributed by atoms with E-state index in [0.717, 1.165) is 33.7 Å². The van der Waals surface area contributed by atoms with E-state index >= 15 is 0 Å². The van der Waals surface area contributed by atoms with Crippen LogP contribution >= 0.6 is 27.5 Å². The van der Waals surface area contributed by atoms with Crippen molar-refractivity contribution in [3.63, 3.8) is 0 Å². The maximum Gasteiger partial charge on any atom is 0.251 e. The summed E-state index contributed by atoms with van der Waals surface area (Å²) in [6.45, 7) is 1.17. The molecule has 7 nitrogen and oxygen atoms in total. The van der Waals surface area contributed by atoms with Crippen molar-refractivity contribution < 1.29 is 9.53 Å². The van der Waals surface area contributed by atoms with Crippen molar-refractivity contribution in [2.45, 2.75) is 6.42 Å². The van der Waals surface area contributed by atoms with E-state index in [9.17, 15) is 4.79 Å². The fourth-order valence-electron chi connectivity index (χ4n) is 3.22. The van der Waals surface area contributed by atoms with Crippen molar-refractivity contribution in [1.82, 2.24) is 19.9 Å². The van der Waals surface area contributed by atoms with Gasteiger partial charge in [-0.25, -0.2) is 4.98 Å². The van der Waals surface area contributed by atoms with Gasteiger partial charge < -0.3 is 15.4 Å². The lowest BCUT2D eigenvalue weighted by Gasteiger charge is -2.12. The summed E-state index contributed by atoms with van der Waals surface area (Å²) in [6, 6.07) is 16.5. The van der Waals surface area contributed by atoms with Crippen molar-refractivity contribution in [2.24, 2.45) is 0 Å². The number of ether oxygens (including phenoxy) is 1. The molecule has 0 saturated heterocycles. The number of halogens is 2. The largest absolute Gasteiger partial charge is 0.497 e. The Balaban J connectivity index is 1.40. The summed E-state index contributed by atoms with van der Waals surface area (Å²) in [5, 5.41) is 11.3. The lowest BCUT2D eigenvalue weighted by Crippen LogP contribution is -2.25. The molecule has 164 valence electrons. The molecule has 4 rings (SSSR count). The molecule has 0 bridgehead atoms. The zero-order valence-corrected chi connectivity index (χ0v) is 19.7. The lowest BCUT2D eigenvalue weighted by atomic mass is 10.1. The van der Waals surface area contributed by atoms with Crippen LogP contribution in [0.15, 0.2) is 65.3 Å². The molecule has 4 aromatic rings. The third kappa shape index (κ3) is 4.87. The molecule has 2 aromatic carbocycles. The highest BCUT2D eigenvalue weighted by Crippen LogP contribution is 2.30. The minimum absolute atomic E-state index is 0.115. The van der Waals surface area contributed by atoms with Crippen molar-refractivity contribution >= 4 is 44.9 Å². The first-order valence-electron chi connectivity index (χ1n) is 10.0. The SMILES string of the molecule is COc1ccc(C(=O)NCCCNc2cc(-c3ccccc3Cl)nc3c(Br)cnn23)cc1. The fourth-order valence-corrected chi connectivity index (χ4v) is 3.80. The van der Waals surface area contributed by atoms with Gasteiger partial charge in [0, 0.05) is 35.3 Å². The smallest absolute Gasteiger partial charge is 0.251 e. The second-order valence-electron chi connectivity index (χ2n) is 7.00. The van der Waals surface area contributed by atoms with E-state index in [0.29, 0.717) is 29.3 Å². The van der Waals surface area contributed by atoms with Crippen LogP contribution < -0.4 is 15.4 Å². The first-order chi connectivity index (χ1) is 15.6. The first-order valence-corrected chi connectivity index (χ1v) is 11.2. The van der Waals surface area contributed by atoms with E-state index in [-0.39, 0.29) is 5.91 Å². The fraction of sp³-hybridized carbons (Fsp3) is 0.174. The number of rotatable bonds is 8. The molecule has 0 atom stereocenters. The standard InChI is InChI=1S/C23H21BrClN5O2/c1-32-16-9-7-15(8-10-16)23(31)27-12-4-11-26-21-13-20(17-5-2-3-6-19(17)25)29-22-18(24)14-28-30(21)22/h2-3,5-10,13-14,26H,4,11-12H2,1H3,(H,27,31). The molecule has 0 aliphatic carbocycles. The van der Waals surface area contributed by atoms with Gasteiger partial charge >= 0.3 is 0 Å². The normalized spacial score (nSPS) is 10.8. The quantitative estimate of drug-likeness (QED) is 0.322. The van der Waals surface area contributed by atoms with E-state index in [1.165, 1.54) is 0 Å². The van der Waals surface area contributed by atoms with Crippen LogP contribution in [0.5, 0.6) is 5.75 Å². The Hall–Kier alpha value is -3.10. The molecule has 1 amide bonds. The predicted octanol–water partition coefficient (Wildman–Crippen LogP) is 5.05. The topological polar surface area (TPSA) is 80.5 Å². The Morgan fingerprint density at radius 2 is 1.94 bits per heavy atom. The zero-order valence-electron chi connectivity index (χ0n) is 17.3. The Bertz CT molecular complexity index is 1240. The van der Waals surface area contributed by atoms with Gasteiger partial charge in [0.25, 0.3) is 5.91 Å². The van der Waals surface area contributed by atoms with Crippen LogP contribution in [0.4, 0.5) is 5.82 Å². The third-order valence-electron chi connectivity index (χ3n) is 4.88. The molecule has 9 heteroatoms. The number of carbonyl (C=O) groups is 1. The highest BCUT2D eigenvalue weighted by Gasteiger charge is 2.13. The number of nitrogens with zero attached hydrogens (tertiary/aromatic N) is 3. The molecule has 0 saturated carbocycles. The number of fused-ring (bicyclic) bond motifs is 1. The maximum atomic E-state index is 12.3. The summed E-state index contributed by atoms with van der Waals surface area (Å²) in [4.78, 5) is 17.0. The van der Waals surface area contributed by atoms with E-state index in [1.807, 2.05) is 30.3 Å². The van der Waals surface area contributed by atoms with Crippen molar-refractivity contribution in [2.75, 3.05) is 25.5 Å². The van der Waals surface area contributed by atoms with Crippen molar-refractivity contribution in [3.05, 3.63) is 75.9 Å². The molecule has 2 N–H and O–H groups in total. The van der Waals surface area contributed by atoms with Crippen LogP contribution in [-0.4, -0.2) is 40.7 Å². The summed E-state index contributed by atoms with van der Waals surface area (Å²) in [7, 11) is 1.60. The summed E-state index contributed by atoms with van der Waals surface area (Å²) in [5.74, 6) is 1.39. The Kier molecular flexibility index (Phi) is 6.92. The number of nitrogens with one attached hydrogen (secondary N) is 2. The summed E-state index contributed by atoms with van der Waals surface area (Å²) >= 11 is 9.88. The minimum atomic E-state index is -0.115. The molecule has 32 heavy (non-hydrogen) atoms. The predicted molar refractivity (Wildman–Crippen MR) is 130 cm³/mol. The number of methoxy groups -OCH3 is 1. The van der Waals surface area contributed by atoms with Gasteiger partial charge in [0.05, 0.1) is 23.5 Å². The number of anilines is 1. The van der Waals surface area contributed by atoms with Crippen LogP contribution in [0.2, 0.25) is 5.02 Å². The Morgan fingerprint density at radius 3 is 2.69 bits per heavy atom. The van der Waals surface area contributed by atoms with Gasteiger partial charge in [-0.15, -0.1) is 0 Å². The summed E-state index contributed by atoms with van der Waals surface area (Å²) in [6.07, 6.45) is 2.44. The second-order valence-corrected chi connectivity index (χ2v) is 8.26. The summed E-state index contributed by atoms with van der Waals surface area (Å²) in [5.41, 5.74) is 2.89. The summed E-state index contributed by atoms with van der Waals surface area (Å²) < 4.78 is 7.65. The number of amides is 1. The minimum Gasteiger partial charge on any atom is -0.497 e. The molecule has 2 aromatic heterocycles. The van der Waals surface area contributed by atoms with Crippen LogP contribution in [0.25, 0.3) is 16.9 Å². The zero-order chi connectivity index (χ0) is 22.5. The third-order valence-corrected chi connectivity index (χ3v) is 5.76. The highest BCUT2D eigenvalue weighted by atomic mass is 79.9. The molecule has 0 aliphatic rings. The van der Waals surface area contributed by atoms with Gasteiger partial charge in [0.15, 0.2) is 5.65 Å². The number of carbonyl (C=O) groups excluding carboxylic acids is 1. The molecule has 2 heterocycles. The van der Waals surface area contributed by atoms with Gasteiger partial charge in [0.2, 0.25) is 0 Å². The van der Waals surface area contributed by atoms with Gasteiger partial charge in [-0.3, -0.25) is 4.79 Å². The Labute approximate surface area is 198 Å². The van der Waals surface area contributed by atoms with E-state index in [2.05, 4.69) is 31.7 Å². The van der Waals surface area contributed by atoms with Gasteiger partial charge in [-0.1, -0.05) is 29.8 Å². The van der Waals surface area contributed by atoms with E-state index in [1.54, 1.807) is 42.1 Å². The van der Waals surface area contributed by atoms with Crippen molar-refractivity contribution in [3.8, 4) is 17.0 Å². The van der Waals surface area contributed by atoms with Crippen molar-refractivity contribution in [1.29, 1.82) is 0 Å².